The van der Waals surface area contributed by atoms with Crippen LogP contribution in [0.5, 0.6) is 0 Å². The summed E-state index contributed by atoms with van der Waals surface area (Å²) in [5, 5.41) is 5.06. The molecule has 136 valence electrons. The summed E-state index contributed by atoms with van der Waals surface area (Å²) in [6.07, 6.45) is 1.83. The van der Waals surface area contributed by atoms with E-state index in [4.69, 9.17) is 0 Å². The number of anilines is 2. The molecule has 0 saturated carbocycles. The third kappa shape index (κ3) is 3.93. The monoisotopic (exact) mass is 376 g/mol. The molecule has 27 heavy (non-hydrogen) atoms. The molecule has 3 aromatic rings. The number of carbonyl (C=O) groups is 2. The molecule has 2 aromatic carbocycles. The van der Waals surface area contributed by atoms with Gasteiger partial charge in [0.05, 0.1) is 6.42 Å². The van der Waals surface area contributed by atoms with Gasteiger partial charge in [0.25, 0.3) is 0 Å². The molecule has 1 saturated heterocycles. The van der Waals surface area contributed by atoms with E-state index in [0.29, 0.717) is 12.8 Å². The van der Waals surface area contributed by atoms with Crippen LogP contribution < -0.4 is 10.2 Å². The van der Waals surface area contributed by atoms with Crippen molar-refractivity contribution in [3.05, 3.63) is 71.6 Å². The van der Waals surface area contributed by atoms with Gasteiger partial charge in [0, 0.05) is 34.8 Å². The van der Waals surface area contributed by atoms with E-state index < -0.39 is 0 Å². The second-order valence-corrected chi connectivity index (χ2v) is 7.51. The Labute approximate surface area is 162 Å². The van der Waals surface area contributed by atoms with Crippen LogP contribution >= 0.6 is 11.3 Å². The molecule has 0 radical (unpaired) electrons. The largest absolute Gasteiger partial charge is 0.325 e. The molecule has 2 heterocycles. The first-order valence-electron chi connectivity index (χ1n) is 9.03. The second-order valence-electron chi connectivity index (χ2n) is 6.56. The number of nitrogens with one attached hydrogen (secondary N) is 1. The summed E-state index contributed by atoms with van der Waals surface area (Å²) in [6.45, 7) is 0.776. The standard InChI is InChI=1S/C22H20N2O2S/c25-21(23-19-6-2-1-5-18(19)20-7-4-14-27-20)15-16-9-11-17(12-10-16)24-13-3-8-22(24)26/h1-2,4-7,9-12,14H,3,8,13,15H2,(H,23,25). The minimum absolute atomic E-state index is 0.0518. The Hall–Kier alpha value is -2.92. The maximum absolute atomic E-state index is 12.5. The quantitative estimate of drug-likeness (QED) is 0.700. The van der Waals surface area contributed by atoms with Gasteiger partial charge in [0.1, 0.15) is 0 Å². The molecule has 2 amide bonds. The zero-order valence-electron chi connectivity index (χ0n) is 14.9. The molecular formula is C22H20N2O2S. The maximum atomic E-state index is 12.5. The number of nitrogens with zero attached hydrogens (tertiary/aromatic N) is 1. The first-order valence-corrected chi connectivity index (χ1v) is 9.91. The molecule has 1 N–H and O–H groups in total. The lowest BCUT2D eigenvalue weighted by atomic mass is 10.1. The van der Waals surface area contributed by atoms with Crippen LogP contribution in [0.25, 0.3) is 10.4 Å². The lowest BCUT2D eigenvalue weighted by Gasteiger charge is -2.16. The average molecular weight is 376 g/mol. The van der Waals surface area contributed by atoms with Gasteiger partial charge < -0.3 is 10.2 Å². The molecule has 1 aromatic heterocycles. The van der Waals surface area contributed by atoms with Crippen LogP contribution in [0, 0.1) is 0 Å². The molecule has 0 bridgehead atoms. The summed E-state index contributed by atoms with van der Waals surface area (Å²) in [5.41, 5.74) is 3.69. The van der Waals surface area contributed by atoms with Crippen molar-refractivity contribution >= 4 is 34.5 Å². The molecule has 0 unspecified atom stereocenters. The minimum Gasteiger partial charge on any atom is -0.325 e. The van der Waals surface area contributed by atoms with Crippen LogP contribution in [0.1, 0.15) is 18.4 Å². The van der Waals surface area contributed by atoms with E-state index in [0.717, 1.165) is 40.3 Å². The highest BCUT2D eigenvalue weighted by Crippen LogP contribution is 2.31. The van der Waals surface area contributed by atoms with E-state index in [2.05, 4.69) is 5.32 Å². The first-order chi connectivity index (χ1) is 13.2. The third-order valence-electron chi connectivity index (χ3n) is 4.67. The fourth-order valence-electron chi connectivity index (χ4n) is 3.33. The minimum atomic E-state index is -0.0518. The summed E-state index contributed by atoms with van der Waals surface area (Å²) in [6, 6.07) is 19.6. The van der Waals surface area contributed by atoms with E-state index >= 15 is 0 Å². The lowest BCUT2D eigenvalue weighted by Crippen LogP contribution is -2.23. The number of benzene rings is 2. The Balaban J connectivity index is 1.44. The first kappa shape index (κ1) is 17.5. The van der Waals surface area contributed by atoms with Crippen molar-refractivity contribution in [2.75, 3.05) is 16.8 Å². The van der Waals surface area contributed by atoms with Crippen LogP contribution in [-0.4, -0.2) is 18.4 Å². The predicted molar refractivity (Wildman–Crippen MR) is 110 cm³/mol. The Kier molecular flexibility index (Phi) is 5.03. The number of hydrogen-bond acceptors (Lipinski definition) is 3. The predicted octanol–water partition coefficient (Wildman–Crippen LogP) is 4.72. The van der Waals surface area contributed by atoms with Crippen molar-refractivity contribution in [1.29, 1.82) is 0 Å². The van der Waals surface area contributed by atoms with Gasteiger partial charge in [-0.05, 0) is 41.6 Å². The molecule has 4 rings (SSSR count). The van der Waals surface area contributed by atoms with Crippen LogP contribution in [0.2, 0.25) is 0 Å². The Morgan fingerprint density at radius 1 is 1.04 bits per heavy atom. The molecule has 0 atom stereocenters. The van der Waals surface area contributed by atoms with Gasteiger partial charge in [0.2, 0.25) is 11.8 Å². The molecule has 0 aliphatic carbocycles. The zero-order valence-corrected chi connectivity index (χ0v) is 15.7. The van der Waals surface area contributed by atoms with Gasteiger partial charge in [-0.2, -0.15) is 0 Å². The Morgan fingerprint density at radius 3 is 2.56 bits per heavy atom. The van der Waals surface area contributed by atoms with Crippen molar-refractivity contribution in [3.8, 4) is 10.4 Å². The smallest absolute Gasteiger partial charge is 0.228 e. The van der Waals surface area contributed by atoms with E-state index in [1.165, 1.54) is 0 Å². The number of thiophene rings is 1. The molecule has 4 nitrogen and oxygen atoms in total. The average Bonchev–Trinajstić information content (AvgIpc) is 3.35. The summed E-state index contributed by atoms with van der Waals surface area (Å²) in [7, 11) is 0. The highest BCUT2D eigenvalue weighted by Gasteiger charge is 2.21. The van der Waals surface area contributed by atoms with Gasteiger partial charge in [-0.25, -0.2) is 0 Å². The number of amides is 2. The second kappa shape index (κ2) is 7.76. The third-order valence-corrected chi connectivity index (χ3v) is 5.58. The Morgan fingerprint density at radius 2 is 1.85 bits per heavy atom. The number of carbonyl (C=O) groups excluding carboxylic acids is 2. The van der Waals surface area contributed by atoms with Crippen molar-refractivity contribution in [3.63, 3.8) is 0 Å². The summed E-state index contributed by atoms with van der Waals surface area (Å²) in [5.74, 6) is 0.120. The van der Waals surface area contributed by atoms with Crippen LogP contribution in [0.3, 0.4) is 0 Å². The van der Waals surface area contributed by atoms with Crippen molar-refractivity contribution in [1.82, 2.24) is 0 Å². The number of rotatable bonds is 5. The zero-order chi connectivity index (χ0) is 18.6. The van der Waals surface area contributed by atoms with Crippen LogP contribution in [0.15, 0.2) is 66.0 Å². The maximum Gasteiger partial charge on any atom is 0.228 e. The van der Waals surface area contributed by atoms with E-state index in [1.807, 2.05) is 66.0 Å². The van der Waals surface area contributed by atoms with Crippen molar-refractivity contribution in [2.24, 2.45) is 0 Å². The molecular weight excluding hydrogens is 356 g/mol. The summed E-state index contributed by atoms with van der Waals surface area (Å²) >= 11 is 1.65. The summed E-state index contributed by atoms with van der Waals surface area (Å²) in [4.78, 5) is 27.3. The molecule has 1 fully saturated rings. The van der Waals surface area contributed by atoms with Gasteiger partial charge in [-0.1, -0.05) is 36.4 Å². The fraction of sp³-hybridized carbons (Fsp3) is 0.182. The molecule has 1 aliphatic heterocycles. The molecule has 1 aliphatic rings. The summed E-state index contributed by atoms with van der Waals surface area (Å²) < 4.78 is 0. The van der Waals surface area contributed by atoms with E-state index in [1.54, 1.807) is 16.2 Å². The van der Waals surface area contributed by atoms with Gasteiger partial charge >= 0.3 is 0 Å². The van der Waals surface area contributed by atoms with Gasteiger partial charge in [-0.15, -0.1) is 11.3 Å². The Bertz CT molecular complexity index is 949. The normalized spacial score (nSPS) is 13.8. The highest BCUT2D eigenvalue weighted by molar-refractivity contribution is 7.13. The van der Waals surface area contributed by atoms with Crippen molar-refractivity contribution in [2.45, 2.75) is 19.3 Å². The molecule has 5 heteroatoms. The van der Waals surface area contributed by atoms with Gasteiger partial charge in [-0.3, -0.25) is 9.59 Å². The topological polar surface area (TPSA) is 49.4 Å². The lowest BCUT2D eigenvalue weighted by molar-refractivity contribution is -0.117. The van der Waals surface area contributed by atoms with Crippen LogP contribution in [0.4, 0.5) is 11.4 Å². The highest BCUT2D eigenvalue weighted by atomic mass is 32.1. The van der Waals surface area contributed by atoms with Crippen molar-refractivity contribution < 1.29 is 9.59 Å². The van der Waals surface area contributed by atoms with Gasteiger partial charge in [0.15, 0.2) is 0 Å². The number of hydrogen-bond donors (Lipinski definition) is 1. The number of para-hydroxylation sites is 1. The molecule has 0 spiro atoms. The SMILES string of the molecule is O=C(Cc1ccc(N2CCCC2=O)cc1)Nc1ccccc1-c1cccs1. The van der Waals surface area contributed by atoms with E-state index in [9.17, 15) is 9.59 Å². The van der Waals surface area contributed by atoms with E-state index in [-0.39, 0.29) is 11.8 Å². The van der Waals surface area contributed by atoms with Crippen LogP contribution in [-0.2, 0) is 16.0 Å². The fourth-order valence-corrected chi connectivity index (χ4v) is 4.10.